The fourth-order valence-electron chi connectivity index (χ4n) is 2.00. The summed E-state index contributed by atoms with van der Waals surface area (Å²) in [5, 5.41) is 8.28. The van der Waals surface area contributed by atoms with E-state index in [0.717, 1.165) is 17.8 Å². The van der Waals surface area contributed by atoms with E-state index in [1.807, 2.05) is 13.1 Å². The summed E-state index contributed by atoms with van der Waals surface area (Å²) in [6.45, 7) is 9.48. The normalized spacial score (nSPS) is 11.9. The number of benzene rings is 1. The van der Waals surface area contributed by atoms with Gasteiger partial charge in [-0.2, -0.15) is 5.10 Å². The van der Waals surface area contributed by atoms with Gasteiger partial charge in [0.15, 0.2) is 0 Å². The molecule has 2 rings (SSSR count). The Balaban J connectivity index is 2.11. The lowest BCUT2D eigenvalue weighted by molar-refractivity contribution is 0.423. The molecule has 21 heavy (non-hydrogen) atoms. The van der Waals surface area contributed by atoms with Crippen LogP contribution in [0.5, 0.6) is 0 Å². The summed E-state index contributed by atoms with van der Waals surface area (Å²) < 4.78 is 15.6. The third-order valence-electron chi connectivity index (χ3n) is 3.20. The van der Waals surface area contributed by atoms with Crippen LogP contribution in [0.25, 0.3) is 0 Å². The van der Waals surface area contributed by atoms with Gasteiger partial charge in [0.2, 0.25) is 0 Å². The maximum atomic E-state index is 13.8. The highest BCUT2D eigenvalue weighted by Gasteiger charge is 2.12. The first-order valence-corrected chi connectivity index (χ1v) is 7.34. The molecule has 5 heteroatoms. The highest BCUT2D eigenvalue weighted by molar-refractivity contribution is 6.30. The summed E-state index contributed by atoms with van der Waals surface area (Å²) in [6, 6.07) is 4.72. The first-order valence-electron chi connectivity index (χ1n) is 6.96. The monoisotopic (exact) mass is 309 g/mol. The van der Waals surface area contributed by atoms with Crippen molar-refractivity contribution in [2.24, 2.45) is 0 Å². The van der Waals surface area contributed by atoms with Crippen molar-refractivity contribution in [2.75, 3.05) is 0 Å². The maximum absolute atomic E-state index is 13.8. The predicted molar refractivity (Wildman–Crippen MR) is 84.1 cm³/mol. The molecule has 1 aromatic heterocycles. The average molecular weight is 310 g/mol. The van der Waals surface area contributed by atoms with Gasteiger partial charge in [0, 0.05) is 34.4 Å². The second kappa shape index (κ2) is 6.16. The van der Waals surface area contributed by atoms with E-state index in [4.69, 9.17) is 11.6 Å². The second-order valence-electron chi connectivity index (χ2n) is 6.28. The first kappa shape index (κ1) is 16.0. The van der Waals surface area contributed by atoms with Crippen molar-refractivity contribution in [1.29, 1.82) is 0 Å². The van der Waals surface area contributed by atoms with E-state index in [1.165, 1.54) is 6.07 Å². The minimum Gasteiger partial charge on any atom is -0.308 e. The molecular weight excluding hydrogens is 289 g/mol. The topological polar surface area (TPSA) is 29.9 Å². The summed E-state index contributed by atoms with van der Waals surface area (Å²) in [5.74, 6) is -0.301. The molecule has 3 nitrogen and oxygen atoms in total. The summed E-state index contributed by atoms with van der Waals surface area (Å²) in [4.78, 5) is 0. The third-order valence-corrected chi connectivity index (χ3v) is 3.44. The van der Waals surface area contributed by atoms with Gasteiger partial charge in [-0.15, -0.1) is 0 Å². The van der Waals surface area contributed by atoms with Crippen LogP contribution in [0, 0.1) is 12.7 Å². The van der Waals surface area contributed by atoms with Gasteiger partial charge < -0.3 is 5.32 Å². The van der Waals surface area contributed by atoms with Gasteiger partial charge >= 0.3 is 0 Å². The fourth-order valence-corrected chi connectivity index (χ4v) is 2.16. The lowest BCUT2D eigenvalue weighted by Crippen LogP contribution is -2.35. The SMILES string of the molecule is Cc1nn(Cc2ccc(Cl)cc2F)cc1CNC(C)(C)C. The second-order valence-corrected chi connectivity index (χ2v) is 6.71. The highest BCUT2D eigenvalue weighted by atomic mass is 35.5. The van der Waals surface area contributed by atoms with E-state index in [0.29, 0.717) is 17.1 Å². The molecule has 0 bridgehead atoms. The minimum absolute atomic E-state index is 0.0524. The van der Waals surface area contributed by atoms with Crippen LogP contribution >= 0.6 is 11.6 Å². The summed E-state index contributed by atoms with van der Waals surface area (Å²) in [5.41, 5.74) is 2.72. The van der Waals surface area contributed by atoms with E-state index in [2.05, 4.69) is 31.2 Å². The molecule has 114 valence electrons. The number of halogens is 2. The van der Waals surface area contributed by atoms with Gasteiger partial charge in [-0.3, -0.25) is 4.68 Å². The Kier molecular flexibility index (Phi) is 4.69. The third kappa shape index (κ3) is 4.55. The summed E-state index contributed by atoms with van der Waals surface area (Å²) in [7, 11) is 0. The smallest absolute Gasteiger partial charge is 0.129 e. The molecule has 0 amide bonds. The lowest BCUT2D eigenvalue weighted by atomic mass is 10.1. The van der Waals surface area contributed by atoms with E-state index < -0.39 is 0 Å². The molecule has 1 N–H and O–H groups in total. The standard InChI is InChI=1S/C16H21ClFN3/c1-11-13(8-19-16(2,3)4)10-21(20-11)9-12-5-6-14(17)7-15(12)18/h5-7,10,19H,8-9H2,1-4H3. The largest absolute Gasteiger partial charge is 0.308 e. The summed E-state index contributed by atoms with van der Waals surface area (Å²) in [6.07, 6.45) is 1.96. The molecule has 2 aromatic rings. The molecule has 0 atom stereocenters. The number of nitrogens with one attached hydrogen (secondary N) is 1. The zero-order valence-electron chi connectivity index (χ0n) is 12.9. The summed E-state index contributed by atoms with van der Waals surface area (Å²) >= 11 is 5.76. The van der Waals surface area contributed by atoms with Crippen LogP contribution in [0.1, 0.15) is 37.6 Å². The first-order chi connectivity index (χ1) is 9.74. The molecule has 1 aromatic carbocycles. The number of hydrogen-bond acceptors (Lipinski definition) is 2. The molecule has 0 fully saturated rings. The van der Waals surface area contributed by atoms with Gasteiger partial charge in [-0.1, -0.05) is 17.7 Å². The van der Waals surface area contributed by atoms with Crippen molar-refractivity contribution < 1.29 is 4.39 Å². The van der Waals surface area contributed by atoms with Crippen molar-refractivity contribution in [3.05, 3.63) is 52.1 Å². The Morgan fingerprint density at radius 3 is 2.62 bits per heavy atom. The number of aromatic nitrogens is 2. The van der Waals surface area contributed by atoms with Crippen LogP contribution < -0.4 is 5.32 Å². The Morgan fingerprint density at radius 1 is 1.29 bits per heavy atom. The maximum Gasteiger partial charge on any atom is 0.129 e. The van der Waals surface area contributed by atoms with Crippen molar-refractivity contribution in [2.45, 2.75) is 46.3 Å². The Labute approximate surface area is 130 Å². The van der Waals surface area contributed by atoms with Crippen LogP contribution in [0.15, 0.2) is 24.4 Å². The Morgan fingerprint density at radius 2 is 2.00 bits per heavy atom. The predicted octanol–water partition coefficient (Wildman–Crippen LogP) is 3.92. The van der Waals surface area contributed by atoms with E-state index >= 15 is 0 Å². The fraction of sp³-hybridized carbons (Fsp3) is 0.438. The number of aryl methyl sites for hydroxylation is 1. The van der Waals surface area contributed by atoms with Gasteiger partial charge in [-0.05, 0) is 39.8 Å². The molecular formula is C16H21ClFN3. The zero-order valence-corrected chi connectivity index (χ0v) is 13.6. The highest BCUT2D eigenvalue weighted by Crippen LogP contribution is 2.16. The molecule has 0 aliphatic rings. The molecule has 0 aliphatic carbocycles. The molecule has 0 spiro atoms. The van der Waals surface area contributed by atoms with Gasteiger partial charge in [0.25, 0.3) is 0 Å². The van der Waals surface area contributed by atoms with Gasteiger partial charge in [-0.25, -0.2) is 4.39 Å². The molecule has 0 aliphatic heterocycles. The molecule has 0 saturated carbocycles. The van der Waals surface area contributed by atoms with E-state index in [-0.39, 0.29) is 11.4 Å². The van der Waals surface area contributed by atoms with Crippen LogP contribution in [0.4, 0.5) is 4.39 Å². The molecule has 1 heterocycles. The lowest BCUT2D eigenvalue weighted by Gasteiger charge is -2.20. The van der Waals surface area contributed by atoms with Crippen LogP contribution in [-0.4, -0.2) is 15.3 Å². The molecule has 0 saturated heterocycles. The quantitative estimate of drug-likeness (QED) is 0.927. The van der Waals surface area contributed by atoms with Crippen molar-refractivity contribution in [3.8, 4) is 0 Å². The van der Waals surface area contributed by atoms with Crippen molar-refractivity contribution in [3.63, 3.8) is 0 Å². The van der Waals surface area contributed by atoms with Crippen LogP contribution in [0.2, 0.25) is 5.02 Å². The number of rotatable bonds is 4. The van der Waals surface area contributed by atoms with E-state index in [1.54, 1.807) is 16.8 Å². The van der Waals surface area contributed by atoms with Gasteiger partial charge in [0.05, 0.1) is 12.2 Å². The van der Waals surface area contributed by atoms with Gasteiger partial charge in [0.1, 0.15) is 5.82 Å². The van der Waals surface area contributed by atoms with Crippen molar-refractivity contribution in [1.82, 2.24) is 15.1 Å². The van der Waals surface area contributed by atoms with Crippen molar-refractivity contribution >= 4 is 11.6 Å². The van der Waals surface area contributed by atoms with E-state index in [9.17, 15) is 4.39 Å². The molecule has 0 unspecified atom stereocenters. The minimum atomic E-state index is -0.301. The number of hydrogen-bond donors (Lipinski definition) is 1. The Bertz CT molecular complexity index is 629. The molecule has 0 radical (unpaired) electrons. The zero-order chi connectivity index (χ0) is 15.6. The average Bonchev–Trinajstić information content (AvgIpc) is 2.70. The van der Waals surface area contributed by atoms with Crippen LogP contribution in [0.3, 0.4) is 0 Å². The Hall–Kier alpha value is -1.39. The van der Waals surface area contributed by atoms with Crippen LogP contribution in [-0.2, 0) is 13.1 Å². The number of nitrogens with zero attached hydrogens (tertiary/aromatic N) is 2.